The van der Waals surface area contributed by atoms with Crippen LogP contribution in [0.3, 0.4) is 0 Å². The molecule has 2 amide bonds. The van der Waals surface area contributed by atoms with Crippen LogP contribution in [0.15, 0.2) is 71.2 Å². The van der Waals surface area contributed by atoms with Gasteiger partial charge in [-0.3, -0.25) is 4.79 Å². The summed E-state index contributed by atoms with van der Waals surface area (Å²) in [5.74, 6) is -1.83. The molecule has 0 saturated carbocycles. The first-order chi connectivity index (χ1) is 15.8. The lowest BCUT2D eigenvalue weighted by atomic mass is 9.98. The van der Waals surface area contributed by atoms with Gasteiger partial charge in [0.05, 0.1) is 11.3 Å². The number of rotatable bonds is 6. The molecule has 33 heavy (non-hydrogen) atoms. The molecule has 1 atom stereocenters. The smallest absolute Gasteiger partial charge is 0.407 e. The normalized spacial score (nSPS) is 12.9. The predicted molar refractivity (Wildman–Crippen MR) is 127 cm³/mol. The molecule has 0 aliphatic heterocycles. The van der Waals surface area contributed by atoms with Crippen LogP contribution in [0, 0.1) is 0 Å². The van der Waals surface area contributed by atoms with Gasteiger partial charge in [-0.1, -0.05) is 64.5 Å². The molecule has 0 aromatic heterocycles. The number of carboxylic acid groups (broad SMARTS) is 1. The van der Waals surface area contributed by atoms with E-state index in [4.69, 9.17) is 4.74 Å². The number of hydrogen-bond acceptors (Lipinski definition) is 4. The zero-order valence-corrected chi connectivity index (χ0v) is 19.3. The Kier molecular flexibility index (Phi) is 6.46. The van der Waals surface area contributed by atoms with Gasteiger partial charge in [-0.15, -0.1) is 0 Å². The lowest BCUT2D eigenvalue weighted by Gasteiger charge is -2.17. The molecule has 4 rings (SSSR count). The summed E-state index contributed by atoms with van der Waals surface area (Å²) in [6.45, 7) is 1.62. The molecule has 0 heterocycles. The first kappa shape index (κ1) is 22.5. The summed E-state index contributed by atoms with van der Waals surface area (Å²) in [5.41, 5.74) is 4.50. The molecule has 0 fully saturated rings. The number of alkyl carbamates (subject to hydrolysis) is 1. The Morgan fingerprint density at radius 2 is 1.61 bits per heavy atom. The number of amides is 2. The minimum Gasteiger partial charge on any atom is -0.478 e. The zero-order chi connectivity index (χ0) is 23.5. The van der Waals surface area contributed by atoms with Crippen LogP contribution < -0.4 is 10.6 Å². The van der Waals surface area contributed by atoms with E-state index in [0.717, 1.165) is 22.3 Å². The topological polar surface area (TPSA) is 105 Å². The molecule has 1 aliphatic carbocycles. The van der Waals surface area contributed by atoms with Gasteiger partial charge in [0, 0.05) is 10.4 Å². The van der Waals surface area contributed by atoms with Crippen molar-refractivity contribution in [3.63, 3.8) is 0 Å². The largest absolute Gasteiger partial charge is 0.478 e. The molecule has 8 heteroatoms. The molecule has 7 nitrogen and oxygen atoms in total. The Bertz CT molecular complexity index is 1200. The fourth-order valence-electron chi connectivity index (χ4n) is 3.93. The average molecular weight is 509 g/mol. The van der Waals surface area contributed by atoms with E-state index in [1.54, 1.807) is 6.07 Å². The molecule has 3 aromatic rings. The molecule has 0 unspecified atom stereocenters. The number of benzene rings is 3. The predicted octanol–water partition coefficient (Wildman–Crippen LogP) is 5.01. The van der Waals surface area contributed by atoms with Crippen molar-refractivity contribution in [2.24, 2.45) is 0 Å². The highest BCUT2D eigenvalue weighted by atomic mass is 79.9. The van der Waals surface area contributed by atoms with Crippen molar-refractivity contribution in [2.45, 2.75) is 18.9 Å². The standard InChI is InChI=1S/C25H21BrN2O5/c1-14(23(29)28-22-12-15(26)10-11-20(22)24(30)31)27-25(32)33-13-21-18-8-4-2-6-16(18)17-7-3-5-9-19(17)21/h2-12,14,21H,13H2,1H3,(H,27,32)(H,28,29)(H,30,31)/t14-/m1/s1. The van der Waals surface area contributed by atoms with Crippen LogP contribution in [0.5, 0.6) is 0 Å². The molecule has 3 N–H and O–H groups in total. The Labute approximate surface area is 198 Å². The molecule has 1 aliphatic rings. The third-order valence-corrected chi connectivity index (χ3v) is 6.03. The Morgan fingerprint density at radius 1 is 1.00 bits per heavy atom. The van der Waals surface area contributed by atoms with Gasteiger partial charge in [-0.2, -0.15) is 0 Å². The Hall–Kier alpha value is -3.65. The maximum absolute atomic E-state index is 12.5. The van der Waals surface area contributed by atoms with Gasteiger partial charge in [-0.05, 0) is 47.4 Å². The summed E-state index contributed by atoms with van der Waals surface area (Å²) >= 11 is 3.25. The molecule has 168 valence electrons. The van der Waals surface area contributed by atoms with Crippen LogP contribution in [0.25, 0.3) is 11.1 Å². The number of halogens is 1. The number of carbonyl (C=O) groups excluding carboxylic acids is 2. The average Bonchev–Trinajstić information content (AvgIpc) is 3.11. The third kappa shape index (κ3) is 4.75. The van der Waals surface area contributed by atoms with Gasteiger partial charge < -0.3 is 20.5 Å². The third-order valence-electron chi connectivity index (χ3n) is 5.54. The number of aromatic carboxylic acids is 1. The summed E-state index contributed by atoms with van der Waals surface area (Å²) in [5, 5.41) is 14.4. The maximum Gasteiger partial charge on any atom is 0.407 e. The molecule has 0 radical (unpaired) electrons. The molecule has 0 spiro atoms. The van der Waals surface area contributed by atoms with E-state index in [9.17, 15) is 19.5 Å². The number of carbonyl (C=O) groups is 3. The zero-order valence-electron chi connectivity index (χ0n) is 17.7. The summed E-state index contributed by atoms with van der Waals surface area (Å²) in [6.07, 6.45) is -0.729. The van der Waals surface area contributed by atoms with Gasteiger partial charge >= 0.3 is 12.1 Å². The van der Waals surface area contributed by atoms with Crippen LogP contribution in [0.2, 0.25) is 0 Å². The first-order valence-corrected chi connectivity index (χ1v) is 11.1. The number of fused-ring (bicyclic) bond motifs is 3. The van der Waals surface area contributed by atoms with E-state index in [-0.39, 0.29) is 23.8 Å². The van der Waals surface area contributed by atoms with Crippen LogP contribution in [0.4, 0.5) is 10.5 Å². The molecular weight excluding hydrogens is 488 g/mol. The van der Waals surface area contributed by atoms with E-state index in [2.05, 4.69) is 26.6 Å². The minimum absolute atomic E-state index is 0.0557. The van der Waals surface area contributed by atoms with Crippen LogP contribution in [-0.2, 0) is 9.53 Å². The van der Waals surface area contributed by atoms with Crippen molar-refractivity contribution in [1.29, 1.82) is 0 Å². The van der Waals surface area contributed by atoms with Gasteiger partial charge in [0.25, 0.3) is 0 Å². The SMILES string of the molecule is C[C@@H](NC(=O)OCC1c2ccccc2-c2ccccc21)C(=O)Nc1cc(Br)ccc1C(=O)O. The molecule has 3 aromatic carbocycles. The minimum atomic E-state index is -1.17. The number of ether oxygens (including phenoxy) is 1. The highest BCUT2D eigenvalue weighted by molar-refractivity contribution is 9.10. The monoisotopic (exact) mass is 508 g/mol. The number of hydrogen-bond donors (Lipinski definition) is 3. The van der Waals surface area contributed by atoms with Crippen molar-refractivity contribution in [2.75, 3.05) is 11.9 Å². The van der Waals surface area contributed by atoms with E-state index in [1.807, 2.05) is 48.5 Å². The Morgan fingerprint density at radius 3 is 2.21 bits per heavy atom. The van der Waals surface area contributed by atoms with E-state index in [1.165, 1.54) is 19.1 Å². The number of nitrogens with one attached hydrogen (secondary N) is 2. The van der Waals surface area contributed by atoms with Crippen molar-refractivity contribution in [3.8, 4) is 11.1 Å². The quantitative estimate of drug-likeness (QED) is 0.433. The lowest BCUT2D eigenvalue weighted by Crippen LogP contribution is -2.42. The summed E-state index contributed by atoms with van der Waals surface area (Å²) in [4.78, 5) is 36.3. The maximum atomic E-state index is 12.5. The number of carboxylic acids is 1. The summed E-state index contributed by atoms with van der Waals surface area (Å²) in [6, 6.07) is 19.5. The highest BCUT2D eigenvalue weighted by Gasteiger charge is 2.29. The van der Waals surface area contributed by atoms with Crippen molar-refractivity contribution >= 4 is 39.6 Å². The second-order valence-electron chi connectivity index (χ2n) is 7.68. The molecular formula is C25H21BrN2O5. The molecule has 0 saturated heterocycles. The fourth-order valence-corrected chi connectivity index (χ4v) is 4.29. The van der Waals surface area contributed by atoms with Crippen molar-refractivity contribution < 1.29 is 24.2 Å². The van der Waals surface area contributed by atoms with Gasteiger partial charge in [0.2, 0.25) is 5.91 Å². The Balaban J connectivity index is 1.38. The van der Waals surface area contributed by atoms with Crippen LogP contribution >= 0.6 is 15.9 Å². The second-order valence-corrected chi connectivity index (χ2v) is 8.59. The first-order valence-electron chi connectivity index (χ1n) is 10.3. The van der Waals surface area contributed by atoms with Gasteiger partial charge in [0.1, 0.15) is 12.6 Å². The van der Waals surface area contributed by atoms with E-state index < -0.39 is 24.0 Å². The van der Waals surface area contributed by atoms with Crippen LogP contribution in [-0.4, -0.2) is 35.7 Å². The van der Waals surface area contributed by atoms with Crippen molar-refractivity contribution in [1.82, 2.24) is 5.32 Å². The summed E-state index contributed by atoms with van der Waals surface area (Å²) in [7, 11) is 0. The van der Waals surface area contributed by atoms with Crippen LogP contribution in [0.1, 0.15) is 34.3 Å². The van der Waals surface area contributed by atoms with Gasteiger partial charge in [-0.25, -0.2) is 9.59 Å². The number of anilines is 1. The van der Waals surface area contributed by atoms with Gasteiger partial charge in [0.15, 0.2) is 0 Å². The highest BCUT2D eigenvalue weighted by Crippen LogP contribution is 2.44. The van der Waals surface area contributed by atoms with E-state index in [0.29, 0.717) is 4.47 Å². The lowest BCUT2D eigenvalue weighted by molar-refractivity contribution is -0.117. The molecule has 0 bridgehead atoms. The van der Waals surface area contributed by atoms with Crippen molar-refractivity contribution in [3.05, 3.63) is 87.9 Å². The summed E-state index contributed by atoms with van der Waals surface area (Å²) < 4.78 is 6.07. The second kappa shape index (κ2) is 9.46. The van der Waals surface area contributed by atoms with E-state index >= 15 is 0 Å². The fraction of sp³-hybridized carbons (Fsp3) is 0.160.